The van der Waals surface area contributed by atoms with Crippen molar-refractivity contribution in [3.63, 3.8) is 0 Å². The standard InChI is InChI=1S/C64H125NO5/c1-3-5-7-9-11-13-15-17-18-29-33-36-40-44-48-52-56-62(67)61(60-66)65-63(68)57-53-49-45-41-37-34-30-27-25-23-21-19-20-22-24-26-28-31-35-39-43-47-51-55-59-70-64(69)58-54-50-46-42-38-32-16-14-12-10-8-6-4-2/h52,56,61-62,66-67H,3-51,53-55,57-60H2,1-2H3,(H,65,68)/b56-52+. The van der Waals surface area contributed by atoms with Gasteiger partial charge in [0.15, 0.2) is 0 Å². The van der Waals surface area contributed by atoms with Crippen LogP contribution in [-0.2, 0) is 14.3 Å². The molecule has 2 atom stereocenters. The normalized spacial score (nSPS) is 12.6. The van der Waals surface area contributed by atoms with Crippen LogP contribution in [-0.4, -0.2) is 47.4 Å². The monoisotopic (exact) mass is 988 g/mol. The molecule has 6 nitrogen and oxygen atoms in total. The number of aliphatic hydroxyl groups excluding tert-OH is 2. The Morgan fingerprint density at radius 1 is 0.386 bits per heavy atom. The highest BCUT2D eigenvalue weighted by atomic mass is 16.5. The molecule has 0 aromatic rings. The Balaban J connectivity index is 3.38. The molecule has 0 radical (unpaired) electrons. The number of carbonyl (C=O) groups excluding carboxylic acids is 2. The first-order valence-electron chi connectivity index (χ1n) is 32.0. The zero-order valence-corrected chi connectivity index (χ0v) is 47.5. The molecular formula is C64H125NO5. The lowest BCUT2D eigenvalue weighted by Crippen LogP contribution is -2.45. The Labute approximate surface area is 438 Å². The fourth-order valence-electron chi connectivity index (χ4n) is 10.2. The van der Waals surface area contributed by atoms with Crippen LogP contribution in [0.3, 0.4) is 0 Å². The van der Waals surface area contributed by atoms with Crippen molar-refractivity contribution in [2.24, 2.45) is 0 Å². The number of allylic oxidation sites excluding steroid dienone is 1. The van der Waals surface area contributed by atoms with Crippen LogP contribution < -0.4 is 5.32 Å². The topological polar surface area (TPSA) is 95.9 Å². The van der Waals surface area contributed by atoms with Gasteiger partial charge < -0.3 is 20.3 Å². The SMILES string of the molecule is CCCCCCCCCCCCCCCC/C=C/C(O)C(CO)NC(=O)CCCCCCCCCCCCCCCCCCCCCCCCCCOC(=O)CCCCCCCCCCCCCCC. The number of unbranched alkanes of at least 4 members (excludes halogenated alkanes) is 49. The fraction of sp³-hybridized carbons (Fsp3) is 0.938. The minimum atomic E-state index is -0.843. The number of aliphatic hydroxyl groups is 2. The summed E-state index contributed by atoms with van der Waals surface area (Å²) in [7, 11) is 0. The van der Waals surface area contributed by atoms with Gasteiger partial charge in [0.2, 0.25) is 5.91 Å². The minimum Gasteiger partial charge on any atom is -0.466 e. The van der Waals surface area contributed by atoms with E-state index in [1.54, 1.807) is 6.08 Å². The maximum atomic E-state index is 12.5. The van der Waals surface area contributed by atoms with Gasteiger partial charge in [-0.05, 0) is 32.1 Å². The van der Waals surface area contributed by atoms with Crippen molar-refractivity contribution in [2.75, 3.05) is 13.2 Å². The van der Waals surface area contributed by atoms with E-state index in [0.717, 1.165) is 38.5 Å². The summed E-state index contributed by atoms with van der Waals surface area (Å²) in [6.07, 6.45) is 72.6. The average molecular weight is 989 g/mol. The van der Waals surface area contributed by atoms with Crippen molar-refractivity contribution in [1.82, 2.24) is 5.32 Å². The summed E-state index contributed by atoms with van der Waals surface area (Å²) < 4.78 is 5.48. The van der Waals surface area contributed by atoms with Gasteiger partial charge in [-0.25, -0.2) is 0 Å². The van der Waals surface area contributed by atoms with Gasteiger partial charge >= 0.3 is 5.97 Å². The number of esters is 1. The molecule has 0 spiro atoms. The minimum absolute atomic E-state index is 0.0172. The Morgan fingerprint density at radius 2 is 0.657 bits per heavy atom. The lowest BCUT2D eigenvalue weighted by atomic mass is 10.0. The lowest BCUT2D eigenvalue weighted by molar-refractivity contribution is -0.143. The molecule has 0 rings (SSSR count). The second kappa shape index (κ2) is 60.2. The van der Waals surface area contributed by atoms with Gasteiger partial charge in [0, 0.05) is 12.8 Å². The van der Waals surface area contributed by atoms with Crippen molar-refractivity contribution in [2.45, 2.75) is 373 Å². The highest BCUT2D eigenvalue weighted by Crippen LogP contribution is 2.18. The molecule has 0 fully saturated rings. The molecule has 2 unspecified atom stereocenters. The molecule has 6 heteroatoms. The van der Waals surface area contributed by atoms with Gasteiger partial charge in [-0.15, -0.1) is 0 Å². The largest absolute Gasteiger partial charge is 0.466 e. The molecule has 1 amide bonds. The molecular weight excluding hydrogens is 863 g/mol. The van der Waals surface area contributed by atoms with Crippen LogP contribution in [0.15, 0.2) is 12.2 Å². The van der Waals surface area contributed by atoms with E-state index in [-0.39, 0.29) is 18.5 Å². The predicted molar refractivity (Wildman–Crippen MR) is 306 cm³/mol. The number of carbonyl (C=O) groups is 2. The van der Waals surface area contributed by atoms with Crippen molar-refractivity contribution >= 4 is 11.9 Å². The maximum absolute atomic E-state index is 12.5. The second-order valence-corrected chi connectivity index (χ2v) is 22.1. The third-order valence-electron chi connectivity index (χ3n) is 15.1. The molecule has 0 heterocycles. The quantitative estimate of drug-likeness (QED) is 0.0321. The zero-order chi connectivity index (χ0) is 50.7. The van der Waals surface area contributed by atoms with E-state index in [1.807, 2.05) is 6.08 Å². The maximum Gasteiger partial charge on any atom is 0.305 e. The lowest BCUT2D eigenvalue weighted by Gasteiger charge is -2.20. The molecule has 416 valence electrons. The predicted octanol–water partition coefficient (Wildman–Crippen LogP) is 20.0. The number of hydrogen-bond donors (Lipinski definition) is 3. The van der Waals surface area contributed by atoms with E-state index in [0.29, 0.717) is 19.4 Å². The molecule has 70 heavy (non-hydrogen) atoms. The number of rotatable bonds is 60. The Bertz CT molecular complexity index is 1050. The highest BCUT2D eigenvalue weighted by molar-refractivity contribution is 5.76. The van der Waals surface area contributed by atoms with Crippen LogP contribution >= 0.6 is 0 Å². The van der Waals surface area contributed by atoms with Crippen LogP contribution in [0.2, 0.25) is 0 Å². The van der Waals surface area contributed by atoms with Gasteiger partial charge in [-0.3, -0.25) is 9.59 Å². The van der Waals surface area contributed by atoms with Gasteiger partial charge in [0.1, 0.15) is 0 Å². The molecule has 3 N–H and O–H groups in total. The summed E-state index contributed by atoms with van der Waals surface area (Å²) in [5.74, 6) is -0.0468. The van der Waals surface area contributed by atoms with Gasteiger partial charge in [-0.1, -0.05) is 328 Å². The summed E-state index contributed by atoms with van der Waals surface area (Å²) in [5.41, 5.74) is 0. The average Bonchev–Trinajstić information content (AvgIpc) is 3.36. The van der Waals surface area contributed by atoms with Gasteiger partial charge in [0.05, 0.1) is 25.4 Å². The van der Waals surface area contributed by atoms with Crippen molar-refractivity contribution in [1.29, 1.82) is 0 Å². The Hall–Kier alpha value is -1.40. The summed E-state index contributed by atoms with van der Waals surface area (Å²) in [6.45, 7) is 4.93. The van der Waals surface area contributed by atoms with E-state index in [1.165, 1.54) is 295 Å². The van der Waals surface area contributed by atoms with Crippen LogP contribution in [0, 0.1) is 0 Å². The van der Waals surface area contributed by atoms with Crippen LogP contribution in [0.5, 0.6) is 0 Å². The second-order valence-electron chi connectivity index (χ2n) is 22.1. The number of hydrogen-bond acceptors (Lipinski definition) is 5. The third kappa shape index (κ3) is 55.9. The van der Waals surface area contributed by atoms with Gasteiger partial charge in [0.25, 0.3) is 0 Å². The van der Waals surface area contributed by atoms with Crippen LogP contribution in [0.25, 0.3) is 0 Å². The molecule has 0 aliphatic heterocycles. The summed E-state index contributed by atoms with van der Waals surface area (Å²) in [5, 5.41) is 23.2. The molecule has 0 aliphatic carbocycles. The van der Waals surface area contributed by atoms with Crippen LogP contribution in [0.1, 0.15) is 361 Å². The van der Waals surface area contributed by atoms with Crippen LogP contribution in [0.4, 0.5) is 0 Å². The Kier molecular flexibility index (Phi) is 59.0. The highest BCUT2D eigenvalue weighted by Gasteiger charge is 2.18. The molecule has 0 saturated carbocycles. The number of amides is 1. The first-order valence-corrected chi connectivity index (χ1v) is 32.0. The van der Waals surface area contributed by atoms with E-state index < -0.39 is 12.1 Å². The number of nitrogens with one attached hydrogen (secondary N) is 1. The summed E-state index contributed by atoms with van der Waals surface area (Å²) in [6, 6.07) is -0.626. The Morgan fingerprint density at radius 3 is 0.971 bits per heavy atom. The molecule has 0 bridgehead atoms. The first kappa shape index (κ1) is 68.6. The van der Waals surface area contributed by atoms with E-state index in [4.69, 9.17) is 4.74 Å². The molecule has 0 aliphatic rings. The van der Waals surface area contributed by atoms with E-state index >= 15 is 0 Å². The number of ether oxygens (including phenoxy) is 1. The molecule has 0 aromatic heterocycles. The summed E-state index contributed by atoms with van der Waals surface area (Å²) >= 11 is 0. The first-order chi connectivity index (χ1) is 34.5. The van der Waals surface area contributed by atoms with E-state index in [9.17, 15) is 19.8 Å². The smallest absolute Gasteiger partial charge is 0.305 e. The van der Waals surface area contributed by atoms with Gasteiger partial charge in [-0.2, -0.15) is 0 Å². The third-order valence-corrected chi connectivity index (χ3v) is 15.1. The molecule has 0 aromatic carbocycles. The van der Waals surface area contributed by atoms with Crippen molar-refractivity contribution in [3.8, 4) is 0 Å². The fourth-order valence-corrected chi connectivity index (χ4v) is 10.2. The molecule has 0 saturated heterocycles. The van der Waals surface area contributed by atoms with E-state index in [2.05, 4.69) is 19.2 Å². The zero-order valence-electron chi connectivity index (χ0n) is 47.5. The van der Waals surface area contributed by atoms with Crippen molar-refractivity contribution in [3.05, 3.63) is 12.2 Å². The summed E-state index contributed by atoms with van der Waals surface area (Å²) in [4.78, 5) is 24.5. The van der Waals surface area contributed by atoms with Crippen molar-refractivity contribution < 1.29 is 24.5 Å².